The normalized spacial score (nSPS) is 41.6. The third-order valence-electron chi connectivity index (χ3n) is 2.70. The van der Waals surface area contributed by atoms with E-state index < -0.39 is 20.7 Å². The number of carboxylic acid groups (broad SMARTS) is 1. The Balaban J connectivity index is 2.12. The van der Waals surface area contributed by atoms with Gasteiger partial charge in [-0.15, -0.1) is 0 Å². The molecule has 1 N–H and O–H groups in total. The number of carboxylic acids is 1. The summed E-state index contributed by atoms with van der Waals surface area (Å²) >= 11 is 0. The second-order valence-electron chi connectivity index (χ2n) is 3.98. The third-order valence-corrected chi connectivity index (χ3v) is 5.89. The molecular weight excluding hydrogens is 204 g/mol. The first-order valence-corrected chi connectivity index (χ1v) is 6.54. The highest BCUT2D eigenvalue weighted by molar-refractivity contribution is 6.63. The minimum Gasteiger partial charge on any atom is -0.481 e. The molecule has 2 aliphatic rings. The topological polar surface area (TPSA) is 65.0 Å². The SMILES string of the molecule is CC(C)[Si]12OCC(O1)C(C(=O)O)CO2. The van der Waals surface area contributed by atoms with Gasteiger partial charge in [-0.3, -0.25) is 4.79 Å². The van der Waals surface area contributed by atoms with Crippen molar-refractivity contribution in [3.05, 3.63) is 0 Å². The maximum atomic E-state index is 10.8. The number of hydrogen-bond acceptors (Lipinski definition) is 4. The first-order valence-electron chi connectivity index (χ1n) is 4.74. The smallest absolute Gasteiger partial charge is 0.481 e. The lowest BCUT2D eigenvalue weighted by Gasteiger charge is -2.33. The van der Waals surface area contributed by atoms with Gasteiger partial charge < -0.3 is 18.4 Å². The summed E-state index contributed by atoms with van der Waals surface area (Å²) in [6.07, 6.45) is -0.310. The van der Waals surface area contributed by atoms with Gasteiger partial charge in [0.15, 0.2) is 0 Å². The molecule has 80 valence electrons. The van der Waals surface area contributed by atoms with Gasteiger partial charge >= 0.3 is 14.8 Å². The van der Waals surface area contributed by atoms with Gasteiger partial charge in [-0.1, -0.05) is 13.8 Å². The molecule has 0 aromatic carbocycles. The van der Waals surface area contributed by atoms with Crippen LogP contribution in [0, 0.1) is 5.92 Å². The minimum atomic E-state index is -2.51. The van der Waals surface area contributed by atoms with E-state index in [1.165, 1.54) is 0 Å². The van der Waals surface area contributed by atoms with Gasteiger partial charge in [0, 0.05) is 5.54 Å². The number of aliphatic carboxylic acids is 1. The standard InChI is InChI=1S/C8H14O5Si/c1-5(2)14-11-3-6(8(9)10)7(13-14)4-12-14/h5-7H,3-4H2,1-2H3,(H,9,10). The van der Waals surface area contributed by atoms with Gasteiger partial charge in [0.25, 0.3) is 0 Å². The zero-order chi connectivity index (χ0) is 10.3. The number of fused-ring (bicyclic) bond motifs is 2. The lowest BCUT2D eigenvalue weighted by molar-refractivity contribution is -0.148. The number of hydrogen-bond donors (Lipinski definition) is 1. The molecule has 3 unspecified atom stereocenters. The first-order chi connectivity index (χ1) is 6.55. The molecule has 5 nitrogen and oxygen atoms in total. The molecule has 0 spiro atoms. The van der Waals surface area contributed by atoms with Crippen LogP contribution in [-0.2, 0) is 18.1 Å². The molecule has 0 aromatic rings. The number of rotatable bonds is 2. The average molecular weight is 218 g/mol. The highest BCUT2D eigenvalue weighted by Crippen LogP contribution is 2.38. The lowest BCUT2D eigenvalue weighted by atomic mass is 10.1. The third kappa shape index (κ3) is 1.38. The zero-order valence-corrected chi connectivity index (χ0v) is 9.23. The van der Waals surface area contributed by atoms with Gasteiger partial charge in [0.2, 0.25) is 0 Å². The van der Waals surface area contributed by atoms with Gasteiger partial charge in [-0.05, 0) is 0 Å². The van der Waals surface area contributed by atoms with Gasteiger partial charge in [0.1, 0.15) is 5.92 Å². The minimum absolute atomic E-state index is 0.197. The van der Waals surface area contributed by atoms with E-state index in [0.717, 1.165) is 0 Å². The Morgan fingerprint density at radius 2 is 2.07 bits per heavy atom. The lowest BCUT2D eigenvalue weighted by Crippen LogP contribution is -2.51. The molecular formula is C8H14O5Si. The van der Waals surface area contributed by atoms with Crippen molar-refractivity contribution in [3.8, 4) is 0 Å². The summed E-state index contributed by atoms with van der Waals surface area (Å²) in [6.45, 7) is 4.55. The Morgan fingerprint density at radius 3 is 2.64 bits per heavy atom. The zero-order valence-electron chi connectivity index (χ0n) is 8.23. The highest BCUT2D eigenvalue weighted by atomic mass is 28.4. The van der Waals surface area contributed by atoms with E-state index in [4.69, 9.17) is 18.4 Å². The van der Waals surface area contributed by atoms with Crippen LogP contribution in [0.2, 0.25) is 5.54 Å². The van der Waals surface area contributed by atoms with E-state index in [2.05, 4.69) is 0 Å². The molecule has 2 rings (SSSR count). The van der Waals surface area contributed by atoms with E-state index in [9.17, 15) is 4.79 Å². The van der Waals surface area contributed by atoms with Crippen LogP contribution in [0.1, 0.15) is 13.8 Å². The fraction of sp³-hybridized carbons (Fsp3) is 0.875. The molecule has 2 bridgehead atoms. The molecule has 0 aromatic heterocycles. The van der Waals surface area contributed by atoms with E-state index >= 15 is 0 Å². The van der Waals surface area contributed by atoms with Crippen molar-refractivity contribution in [1.29, 1.82) is 0 Å². The molecule has 14 heavy (non-hydrogen) atoms. The Hall–Kier alpha value is -0.433. The highest BCUT2D eigenvalue weighted by Gasteiger charge is 2.58. The van der Waals surface area contributed by atoms with Crippen molar-refractivity contribution >= 4 is 14.8 Å². The quantitative estimate of drug-likeness (QED) is 0.683. The van der Waals surface area contributed by atoms with Crippen LogP contribution >= 0.6 is 0 Å². The van der Waals surface area contributed by atoms with Gasteiger partial charge in [-0.25, -0.2) is 0 Å². The largest absolute Gasteiger partial charge is 0.504 e. The molecule has 3 atom stereocenters. The molecule has 0 aliphatic carbocycles. The average Bonchev–Trinajstić information content (AvgIpc) is 2.45. The summed E-state index contributed by atoms with van der Waals surface area (Å²) in [5, 5.41) is 8.88. The molecule has 2 aliphatic heterocycles. The van der Waals surface area contributed by atoms with Crippen molar-refractivity contribution in [1.82, 2.24) is 0 Å². The first kappa shape index (κ1) is 10.1. The molecule has 0 saturated carbocycles. The molecule has 2 saturated heterocycles. The van der Waals surface area contributed by atoms with E-state index in [1.807, 2.05) is 13.8 Å². The molecule has 0 amide bonds. The predicted molar refractivity (Wildman–Crippen MR) is 48.8 cm³/mol. The molecule has 0 radical (unpaired) electrons. The second-order valence-corrected chi connectivity index (χ2v) is 7.16. The maximum absolute atomic E-state index is 10.8. The van der Waals surface area contributed by atoms with Crippen LogP contribution in [0.5, 0.6) is 0 Å². The summed E-state index contributed by atoms with van der Waals surface area (Å²) in [4.78, 5) is 10.8. The van der Waals surface area contributed by atoms with Crippen molar-refractivity contribution < 1.29 is 23.2 Å². The van der Waals surface area contributed by atoms with Crippen LogP contribution in [-0.4, -0.2) is 39.2 Å². The summed E-state index contributed by atoms with van der Waals surface area (Å²) < 4.78 is 16.7. The van der Waals surface area contributed by atoms with Crippen LogP contribution in [0.25, 0.3) is 0 Å². The van der Waals surface area contributed by atoms with Crippen molar-refractivity contribution in [2.45, 2.75) is 25.5 Å². The summed E-state index contributed by atoms with van der Waals surface area (Å²) in [5.41, 5.74) is 0.197. The van der Waals surface area contributed by atoms with Crippen LogP contribution in [0.15, 0.2) is 0 Å². The van der Waals surface area contributed by atoms with Gasteiger partial charge in [-0.2, -0.15) is 0 Å². The van der Waals surface area contributed by atoms with Gasteiger partial charge in [0.05, 0.1) is 19.3 Å². The van der Waals surface area contributed by atoms with E-state index in [1.54, 1.807) is 0 Å². The molecule has 6 heteroatoms. The Bertz CT molecular complexity index is 256. The predicted octanol–water partition coefficient (Wildman–Crippen LogP) is 0.482. The summed E-state index contributed by atoms with van der Waals surface area (Å²) in [5.74, 6) is -1.44. The van der Waals surface area contributed by atoms with Crippen LogP contribution in [0.4, 0.5) is 0 Å². The molecule has 2 heterocycles. The monoisotopic (exact) mass is 218 g/mol. The van der Waals surface area contributed by atoms with Crippen LogP contribution < -0.4 is 0 Å². The van der Waals surface area contributed by atoms with Crippen LogP contribution in [0.3, 0.4) is 0 Å². The van der Waals surface area contributed by atoms with E-state index in [-0.39, 0.29) is 18.3 Å². The van der Waals surface area contributed by atoms with Crippen molar-refractivity contribution in [2.24, 2.45) is 5.92 Å². The maximum Gasteiger partial charge on any atom is 0.504 e. The molecule has 2 fully saturated rings. The Labute approximate surface area is 83.3 Å². The van der Waals surface area contributed by atoms with Crippen molar-refractivity contribution in [2.75, 3.05) is 13.2 Å². The Kier molecular flexibility index (Phi) is 2.38. The fourth-order valence-corrected chi connectivity index (χ4v) is 4.39. The number of carbonyl (C=O) groups is 1. The van der Waals surface area contributed by atoms with E-state index in [0.29, 0.717) is 6.61 Å². The summed E-state index contributed by atoms with van der Waals surface area (Å²) in [6, 6.07) is 0. The Morgan fingerprint density at radius 1 is 1.43 bits per heavy atom. The summed E-state index contributed by atoms with van der Waals surface area (Å²) in [7, 11) is -2.51. The fourth-order valence-electron chi connectivity index (χ4n) is 1.76. The van der Waals surface area contributed by atoms with Crippen molar-refractivity contribution in [3.63, 3.8) is 0 Å². The second kappa shape index (κ2) is 3.30.